The highest BCUT2D eigenvalue weighted by Crippen LogP contribution is 2.24. The number of benzene rings is 2. The Morgan fingerprint density at radius 2 is 1.55 bits per heavy atom. The van der Waals surface area contributed by atoms with Crippen molar-refractivity contribution in [1.82, 2.24) is 10.1 Å². The molecule has 2 aromatic carbocycles. The van der Waals surface area contributed by atoms with E-state index in [4.69, 9.17) is 4.52 Å². The molecule has 3 nitrogen and oxygen atoms in total. The Morgan fingerprint density at radius 1 is 0.900 bits per heavy atom. The van der Waals surface area contributed by atoms with Gasteiger partial charge in [-0.25, -0.2) is 0 Å². The Kier molecular flexibility index (Phi) is 3.40. The Bertz CT molecular complexity index is 727. The lowest BCUT2D eigenvalue weighted by Crippen LogP contribution is -1.83. The summed E-state index contributed by atoms with van der Waals surface area (Å²) in [6.07, 6.45) is 0. The summed E-state index contributed by atoms with van der Waals surface area (Å²) in [7, 11) is 0. The zero-order valence-electron chi connectivity index (χ0n) is 11.2. The van der Waals surface area contributed by atoms with Crippen molar-refractivity contribution < 1.29 is 4.52 Å². The maximum atomic E-state index is 5.37. The van der Waals surface area contributed by atoms with E-state index in [-0.39, 0.29) is 0 Å². The van der Waals surface area contributed by atoms with Crippen LogP contribution in [0.5, 0.6) is 0 Å². The second-order valence-corrected chi connectivity index (χ2v) is 5.72. The van der Waals surface area contributed by atoms with Gasteiger partial charge in [-0.1, -0.05) is 38.3 Å². The summed E-state index contributed by atoms with van der Waals surface area (Å²) < 4.78 is 6.40. The molecule has 20 heavy (non-hydrogen) atoms. The van der Waals surface area contributed by atoms with E-state index in [1.165, 1.54) is 11.1 Å². The van der Waals surface area contributed by atoms with Crippen LogP contribution in [-0.2, 0) is 0 Å². The van der Waals surface area contributed by atoms with Crippen LogP contribution in [0.1, 0.15) is 11.1 Å². The molecule has 0 unspecified atom stereocenters. The molecular weight excluding hydrogens is 316 g/mol. The van der Waals surface area contributed by atoms with Crippen LogP contribution in [0.2, 0.25) is 0 Å². The van der Waals surface area contributed by atoms with Crippen LogP contribution in [0.25, 0.3) is 22.8 Å². The number of hydrogen-bond donors (Lipinski definition) is 0. The summed E-state index contributed by atoms with van der Waals surface area (Å²) >= 11 is 3.41. The van der Waals surface area contributed by atoms with Gasteiger partial charge in [-0.3, -0.25) is 0 Å². The monoisotopic (exact) mass is 328 g/mol. The normalized spacial score (nSPS) is 10.8. The van der Waals surface area contributed by atoms with Crippen molar-refractivity contribution in [2.45, 2.75) is 13.8 Å². The molecule has 0 radical (unpaired) electrons. The molecule has 0 spiro atoms. The number of halogens is 1. The van der Waals surface area contributed by atoms with Gasteiger partial charge in [0.1, 0.15) is 0 Å². The third-order valence-electron chi connectivity index (χ3n) is 3.00. The molecule has 1 heterocycles. The van der Waals surface area contributed by atoms with Crippen LogP contribution < -0.4 is 0 Å². The minimum absolute atomic E-state index is 0.551. The SMILES string of the molecule is Cc1cc(C)cc(-c2nc(-c3ccc(Br)cc3)no2)c1. The Labute approximate surface area is 125 Å². The summed E-state index contributed by atoms with van der Waals surface area (Å²) in [5.41, 5.74) is 4.26. The summed E-state index contributed by atoms with van der Waals surface area (Å²) in [6, 6.07) is 14.1. The fraction of sp³-hybridized carbons (Fsp3) is 0.125. The van der Waals surface area contributed by atoms with E-state index in [2.05, 4.69) is 46.0 Å². The lowest BCUT2D eigenvalue weighted by molar-refractivity contribution is 0.432. The molecule has 0 aliphatic rings. The summed E-state index contributed by atoms with van der Waals surface area (Å²) in [5.74, 6) is 1.15. The molecular formula is C16H13BrN2O. The molecule has 4 heteroatoms. The van der Waals surface area contributed by atoms with E-state index in [1.54, 1.807) is 0 Å². The number of nitrogens with zero attached hydrogens (tertiary/aromatic N) is 2. The molecule has 0 saturated heterocycles. The highest BCUT2D eigenvalue weighted by atomic mass is 79.9. The second-order valence-electron chi connectivity index (χ2n) is 4.81. The highest BCUT2D eigenvalue weighted by molar-refractivity contribution is 9.10. The number of rotatable bonds is 2. The standard InChI is InChI=1S/C16H13BrN2O/c1-10-7-11(2)9-13(8-10)16-18-15(19-20-16)12-3-5-14(17)6-4-12/h3-9H,1-2H3. The number of aryl methyl sites for hydroxylation is 2. The van der Waals surface area contributed by atoms with Crippen LogP contribution in [0, 0.1) is 13.8 Å². The van der Waals surface area contributed by atoms with E-state index < -0.39 is 0 Å². The molecule has 0 saturated carbocycles. The Hall–Kier alpha value is -1.94. The van der Waals surface area contributed by atoms with Crippen molar-refractivity contribution in [2.75, 3.05) is 0 Å². The smallest absolute Gasteiger partial charge is 0.258 e. The number of aromatic nitrogens is 2. The lowest BCUT2D eigenvalue weighted by Gasteiger charge is -1.99. The van der Waals surface area contributed by atoms with Gasteiger partial charge in [-0.2, -0.15) is 4.98 Å². The van der Waals surface area contributed by atoms with Crippen LogP contribution >= 0.6 is 15.9 Å². The van der Waals surface area contributed by atoms with Crippen molar-refractivity contribution in [1.29, 1.82) is 0 Å². The molecule has 3 rings (SSSR count). The van der Waals surface area contributed by atoms with Crippen LogP contribution in [-0.4, -0.2) is 10.1 Å². The highest BCUT2D eigenvalue weighted by Gasteiger charge is 2.11. The Morgan fingerprint density at radius 3 is 2.20 bits per heavy atom. The van der Waals surface area contributed by atoms with Crippen LogP contribution in [0.4, 0.5) is 0 Å². The van der Waals surface area contributed by atoms with Crippen molar-refractivity contribution in [3.63, 3.8) is 0 Å². The molecule has 100 valence electrons. The van der Waals surface area contributed by atoms with Gasteiger partial charge < -0.3 is 4.52 Å². The van der Waals surface area contributed by atoms with Gasteiger partial charge in [0.15, 0.2) is 0 Å². The van der Waals surface area contributed by atoms with E-state index in [0.717, 1.165) is 15.6 Å². The maximum absolute atomic E-state index is 5.37. The molecule has 0 atom stereocenters. The maximum Gasteiger partial charge on any atom is 0.258 e. The minimum Gasteiger partial charge on any atom is -0.334 e. The first-order chi connectivity index (χ1) is 9.61. The second kappa shape index (κ2) is 5.21. The van der Waals surface area contributed by atoms with Gasteiger partial charge in [-0.15, -0.1) is 0 Å². The third-order valence-corrected chi connectivity index (χ3v) is 3.53. The van der Waals surface area contributed by atoms with Gasteiger partial charge in [0.2, 0.25) is 5.82 Å². The largest absolute Gasteiger partial charge is 0.334 e. The molecule has 0 amide bonds. The average Bonchev–Trinajstić information content (AvgIpc) is 2.88. The molecule has 0 aliphatic carbocycles. The first-order valence-corrected chi connectivity index (χ1v) is 7.09. The van der Waals surface area contributed by atoms with Crippen molar-refractivity contribution in [2.24, 2.45) is 0 Å². The van der Waals surface area contributed by atoms with E-state index >= 15 is 0 Å². The van der Waals surface area contributed by atoms with E-state index in [0.29, 0.717) is 11.7 Å². The first-order valence-electron chi connectivity index (χ1n) is 6.30. The van der Waals surface area contributed by atoms with Crippen molar-refractivity contribution >= 4 is 15.9 Å². The first kappa shape index (κ1) is 13.1. The third kappa shape index (κ3) is 2.65. The summed E-state index contributed by atoms with van der Waals surface area (Å²) in [4.78, 5) is 4.47. The summed E-state index contributed by atoms with van der Waals surface area (Å²) in [5, 5.41) is 4.05. The average molecular weight is 329 g/mol. The van der Waals surface area contributed by atoms with Gasteiger partial charge in [0.25, 0.3) is 5.89 Å². The minimum atomic E-state index is 0.551. The van der Waals surface area contributed by atoms with E-state index in [9.17, 15) is 0 Å². The topological polar surface area (TPSA) is 38.9 Å². The van der Waals surface area contributed by atoms with Crippen molar-refractivity contribution in [3.8, 4) is 22.8 Å². The molecule has 1 aromatic heterocycles. The van der Waals surface area contributed by atoms with Gasteiger partial charge in [0, 0.05) is 15.6 Å². The van der Waals surface area contributed by atoms with Crippen molar-refractivity contribution in [3.05, 3.63) is 58.1 Å². The lowest BCUT2D eigenvalue weighted by atomic mass is 10.1. The van der Waals surface area contributed by atoms with Crippen LogP contribution in [0.3, 0.4) is 0 Å². The molecule has 3 aromatic rings. The number of hydrogen-bond acceptors (Lipinski definition) is 3. The predicted octanol–water partition coefficient (Wildman–Crippen LogP) is 4.78. The fourth-order valence-corrected chi connectivity index (χ4v) is 2.42. The molecule has 0 fully saturated rings. The Balaban J connectivity index is 1.99. The fourth-order valence-electron chi connectivity index (χ4n) is 2.16. The quantitative estimate of drug-likeness (QED) is 0.679. The van der Waals surface area contributed by atoms with Gasteiger partial charge in [-0.05, 0) is 50.2 Å². The molecule has 0 N–H and O–H groups in total. The van der Waals surface area contributed by atoms with Gasteiger partial charge in [0.05, 0.1) is 0 Å². The zero-order chi connectivity index (χ0) is 14.1. The zero-order valence-corrected chi connectivity index (χ0v) is 12.8. The predicted molar refractivity (Wildman–Crippen MR) is 82.3 cm³/mol. The molecule has 0 bridgehead atoms. The summed E-state index contributed by atoms with van der Waals surface area (Å²) in [6.45, 7) is 4.12. The van der Waals surface area contributed by atoms with Gasteiger partial charge >= 0.3 is 0 Å². The van der Waals surface area contributed by atoms with Crippen LogP contribution in [0.15, 0.2) is 51.5 Å². The van der Waals surface area contributed by atoms with E-state index in [1.807, 2.05) is 36.4 Å². The molecule has 0 aliphatic heterocycles.